The van der Waals surface area contributed by atoms with Crippen LogP contribution in [0.15, 0.2) is 29.0 Å². The van der Waals surface area contributed by atoms with E-state index in [1.165, 1.54) is 0 Å². The minimum atomic E-state index is 0.963. The van der Waals surface area contributed by atoms with Crippen molar-refractivity contribution in [2.45, 2.75) is 13.3 Å². The minimum Gasteiger partial charge on any atom is -0.303 e. The number of pyridine rings is 1. The van der Waals surface area contributed by atoms with Gasteiger partial charge in [0.05, 0.1) is 11.7 Å². The fourth-order valence-electron chi connectivity index (χ4n) is 1.30. The zero-order chi connectivity index (χ0) is 8.55. The Hall–Kier alpha value is -0.830. The maximum absolute atomic E-state index is 4.31. The van der Waals surface area contributed by atoms with Crippen LogP contribution in [0.3, 0.4) is 0 Å². The average Bonchev–Trinajstić information content (AvgIpc) is 2.49. The molecule has 0 amide bonds. The van der Waals surface area contributed by atoms with Crippen LogP contribution in [-0.2, 0) is 6.42 Å². The molecule has 2 heterocycles. The van der Waals surface area contributed by atoms with Crippen molar-refractivity contribution in [2.75, 3.05) is 0 Å². The molecule has 2 aromatic heterocycles. The zero-order valence-electron chi connectivity index (χ0n) is 6.79. The molecule has 0 aromatic carbocycles. The second kappa shape index (κ2) is 2.90. The Morgan fingerprint density at radius 2 is 2.42 bits per heavy atom. The number of aromatic nitrogens is 2. The summed E-state index contributed by atoms with van der Waals surface area (Å²) in [7, 11) is 0. The third kappa shape index (κ3) is 1.05. The van der Waals surface area contributed by atoms with E-state index in [4.69, 9.17) is 0 Å². The predicted molar refractivity (Wildman–Crippen MR) is 52.3 cm³/mol. The fourth-order valence-corrected chi connectivity index (χ4v) is 1.75. The lowest BCUT2D eigenvalue weighted by atomic mass is 10.4. The highest BCUT2D eigenvalue weighted by molar-refractivity contribution is 9.10. The van der Waals surface area contributed by atoms with Crippen LogP contribution in [0.25, 0.3) is 5.52 Å². The monoisotopic (exact) mass is 224 g/mol. The summed E-state index contributed by atoms with van der Waals surface area (Å²) in [6, 6.07) is 4.04. The van der Waals surface area contributed by atoms with Crippen molar-refractivity contribution in [2.24, 2.45) is 0 Å². The second-order valence-electron chi connectivity index (χ2n) is 2.64. The van der Waals surface area contributed by atoms with E-state index in [0.29, 0.717) is 0 Å². The summed E-state index contributed by atoms with van der Waals surface area (Å²) < 4.78 is 3.20. The van der Waals surface area contributed by atoms with Crippen LogP contribution in [0.4, 0.5) is 0 Å². The molecule has 0 atom stereocenters. The van der Waals surface area contributed by atoms with E-state index in [1.54, 1.807) is 0 Å². The van der Waals surface area contributed by atoms with Gasteiger partial charge in [-0.15, -0.1) is 0 Å². The molecule has 2 nitrogen and oxygen atoms in total. The van der Waals surface area contributed by atoms with E-state index < -0.39 is 0 Å². The Balaban J connectivity index is 2.80. The summed E-state index contributed by atoms with van der Waals surface area (Å²) in [5.74, 6) is 1.10. The van der Waals surface area contributed by atoms with Gasteiger partial charge in [0.1, 0.15) is 5.82 Å². The molecular formula is C9H9BrN2. The van der Waals surface area contributed by atoms with Gasteiger partial charge in [-0.3, -0.25) is 0 Å². The fraction of sp³-hybridized carbons (Fsp3) is 0.222. The number of fused-ring (bicyclic) bond motifs is 1. The number of hydrogen-bond acceptors (Lipinski definition) is 1. The highest BCUT2D eigenvalue weighted by atomic mass is 79.9. The predicted octanol–water partition coefficient (Wildman–Crippen LogP) is 2.66. The molecule has 0 fully saturated rings. The first-order chi connectivity index (χ1) is 5.83. The summed E-state index contributed by atoms with van der Waals surface area (Å²) in [6.45, 7) is 2.11. The molecule has 2 rings (SSSR count). The van der Waals surface area contributed by atoms with Gasteiger partial charge in [-0.2, -0.15) is 0 Å². The van der Waals surface area contributed by atoms with Gasteiger partial charge in [0.25, 0.3) is 0 Å². The van der Waals surface area contributed by atoms with E-state index in [-0.39, 0.29) is 0 Å². The Morgan fingerprint density at radius 3 is 3.17 bits per heavy atom. The van der Waals surface area contributed by atoms with E-state index in [0.717, 1.165) is 22.2 Å². The summed E-state index contributed by atoms with van der Waals surface area (Å²) >= 11 is 3.48. The first-order valence-electron chi connectivity index (χ1n) is 3.93. The number of nitrogens with zero attached hydrogens (tertiary/aromatic N) is 2. The van der Waals surface area contributed by atoms with E-state index >= 15 is 0 Å². The maximum atomic E-state index is 4.31. The lowest BCUT2D eigenvalue weighted by Crippen LogP contribution is -1.91. The second-order valence-corrected chi connectivity index (χ2v) is 3.49. The average molecular weight is 225 g/mol. The molecule has 3 heteroatoms. The molecule has 0 bridgehead atoms. The summed E-state index contributed by atoms with van der Waals surface area (Å²) in [5, 5.41) is 0. The quantitative estimate of drug-likeness (QED) is 0.729. The number of imidazole rings is 1. The number of hydrogen-bond donors (Lipinski definition) is 0. The van der Waals surface area contributed by atoms with Crippen molar-refractivity contribution < 1.29 is 0 Å². The molecule has 0 aliphatic carbocycles. The summed E-state index contributed by atoms with van der Waals surface area (Å²) in [6.07, 6.45) is 4.89. The SMILES string of the molecule is CCc1ncc2c(Br)cccn12. The first kappa shape index (κ1) is 7.80. The molecule has 0 aliphatic heterocycles. The van der Waals surface area contributed by atoms with Crippen LogP contribution in [0.5, 0.6) is 0 Å². The zero-order valence-corrected chi connectivity index (χ0v) is 8.37. The van der Waals surface area contributed by atoms with Crippen molar-refractivity contribution in [3.05, 3.63) is 34.8 Å². The van der Waals surface area contributed by atoms with Crippen LogP contribution in [0.2, 0.25) is 0 Å². The lowest BCUT2D eigenvalue weighted by Gasteiger charge is -1.98. The highest BCUT2D eigenvalue weighted by Crippen LogP contribution is 2.18. The van der Waals surface area contributed by atoms with Crippen LogP contribution in [0, 0.1) is 0 Å². The van der Waals surface area contributed by atoms with Gasteiger partial charge in [-0.25, -0.2) is 4.98 Å². The Bertz CT molecular complexity index is 406. The number of rotatable bonds is 1. The standard InChI is InChI=1S/C9H9BrN2/c1-2-9-11-6-8-7(10)4-3-5-12(8)9/h3-6H,2H2,1H3. The lowest BCUT2D eigenvalue weighted by molar-refractivity contribution is 0.932. The smallest absolute Gasteiger partial charge is 0.112 e. The Morgan fingerprint density at radius 1 is 1.58 bits per heavy atom. The largest absolute Gasteiger partial charge is 0.303 e. The minimum absolute atomic E-state index is 0.963. The van der Waals surface area contributed by atoms with E-state index in [9.17, 15) is 0 Å². The van der Waals surface area contributed by atoms with E-state index in [2.05, 4.69) is 32.2 Å². The topological polar surface area (TPSA) is 17.3 Å². The molecule has 62 valence electrons. The van der Waals surface area contributed by atoms with Gasteiger partial charge < -0.3 is 4.40 Å². The summed E-state index contributed by atoms with van der Waals surface area (Å²) in [5.41, 5.74) is 1.13. The van der Waals surface area contributed by atoms with Crippen LogP contribution < -0.4 is 0 Å². The van der Waals surface area contributed by atoms with Crippen molar-refractivity contribution in [1.82, 2.24) is 9.38 Å². The number of aryl methyl sites for hydroxylation is 1. The molecule has 0 spiro atoms. The molecular weight excluding hydrogens is 216 g/mol. The molecule has 0 saturated carbocycles. The summed E-state index contributed by atoms with van der Waals surface area (Å²) in [4.78, 5) is 4.31. The molecule has 0 unspecified atom stereocenters. The molecule has 0 N–H and O–H groups in total. The third-order valence-electron chi connectivity index (χ3n) is 1.91. The molecule has 0 aliphatic rings. The van der Waals surface area contributed by atoms with E-state index in [1.807, 2.05) is 24.5 Å². The van der Waals surface area contributed by atoms with Gasteiger partial charge in [-0.05, 0) is 28.1 Å². The molecule has 2 aromatic rings. The third-order valence-corrected chi connectivity index (χ3v) is 2.58. The Labute approximate surface area is 79.4 Å². The normalized spacial score (nSPS) is 10.8. The van der Waals surface area contributed by atoms with Gasteiger partial charge in [0.15, 0.2) is 0 Å². The maximum Gasteiger partial charge on any atom is 0.112 e. The van der Waals surface area contributed by atoms with Crippen molar-refractivity contribution in [1.29, 1.82) is 0 Å². The van der Waals surface area contributed by atoms with Crippen molar-refractivity contribution in [3.63, 3.8) is 0 Å². The first-order valence-corrected chi connectivity index (χ1v) is 4.72. The van der Waals surface area contributed by atoms with Crippen molar-refractivity contribution in [3.8, 4) is 0 Å². The van der Waals surface area contributed by atoms with Gasteiger partial charge in [0.2, 0.25) is 0 Å². The van der Waals surface area contributed by atoms with Crippen LogP contribution in [-0.4, -0.2) is 9.38 Å². The van der Waals surface area contributed by atoms with Crippen LogP contribution >= 0.6 is 15.9 Å². The molecule has 12 heavy (non-hydrogen) atoms. The molecule has 0 saturated heterocycles. The highest BCUT2D eigenvalue weighted by Gasteiger charge is 2.02. The molecule has 0 radical (unpaired) electrons. The van der Waals surface area contributed by atoms with Crippen molar-refractivity contribution >= 4 is 21.4 Å². The number of halogens is 1. The van der Waals surface area contributed by atoms with Crippen LogP contribution in [0.1, 0.15) is 12.7 Å². The van der Waals surface area contributed by atoms with Gasteiger partial charge in [0, 0.05) is 17.1 Å². The van der Waals surface area contributed by atoms with Gasteiger partial charge in [-0.1, -0.05) is 6.92 Å². The van der Waals surface area contributed by atoms with Gasteiger partial charge >= 0.3 is 0 Å². The Kier molecular flexibility index (Phi) is 1.89.